The van der Waals surface area contributed by atoms with Gasteiger partial charge >= 0.3 is 6.00 Å². The second kappa shape index (κ2) is 4.52. The summed E-state index contributed by atoms with van der Waals surface area (Å²) in [5.74, 6) is -3.43. The molecule has 0 aliphatic rings. The molecular formula is C6H5Cl3NO3PS. The van der Waals surface area contributed by atoms with Gasteiger partial charge in [-0.2, -0.15) is 0 Å². The summed E-state index contributed by atoms with van der Waals surface area (Å²) >= 11 is 10.5. The molecule has 15 heavy (non-hydrogen) atoms. The highest BCUT2D eigenvalue weighted by molar-refractivity contribution is 8.13. The molecule has 0 amide bonds. The zero-order chi connectivity index (χ0) is 11.7. The van der Waals surface area contributed by atoms with Crippen molar-refractivity contribution in [3.05, 3.63) is 24.3 Å². The van der Waals surface area contributed by atoms with E-state index in [2.05, 4.69) is 5.09 Å². The van der Waals surface area contributed by atoms with Gasteiger partial charge in [-0.05, 0) is 46.7 Å². The Kier molecular flexibility index (Phi) is 3.95. The van der Waals surface area contributed by atoms with Crippen LogP contribution < -0.4 is 5.09 Å². The quantitative estimate of drug-likeness (QED) is 0.684. The first-order valence-electron chi connectivity index (χ1n) is 3.51. The van der Waals surface area contributed by atoms with E-state index in [1.54, 1.807) is 0 Å². The summed E-state index contributed by atoms with van der Waals surface area (Å²) in [6.07, 6.45) is 0. The van der Waals surface area contributed by atoms with Gasteiger partial charge in [0.15, 0.2) is 0 Å². The maximum absolute atomic E-state index is 10.9. The number of hydrogen-bond acceptors (Lipinski definition) is 3. The smallest absolute Gasteiger partial charge is 0.313 e. The molecule has 1 aromatic carbocycles. The summed E-state index contributed by atoms with van der Waals surface area (Å²) in [6.45, 7) is 0. The highest BCUT2D eigenvalue weighted by atomic mass is 35.9. The van der Waals surface area contributed by atoms with E-state index in [-0.39, 0.29) is 4.90 Å². The van der Waals surface area contributed by atoms with Crippen LogP contribution in [-0.4, -0.2) is 8.42 Å². The molecule has 0 unspecified atom stereocenters. The molecule has 1 aromatic rings. The highest BCUT2D eigenvalue weighted by Crippen LogP contribution is 2.55. The molecule has 1 N–H and O–H groups in total. The molecule has 0 aromatic heterocycles. The van der Waals surface area contributed by atoms with Crippen LogP contribution >= 0.6 is 39.2 Å². The largest absolute Gasteiger partial charge is 0.343 e. The lowest BCUT2D eigenvalue weighted by Crippen LogP contribution is -1.91. The average Bonchev–Trinajstić information content (AvgIpc) is 2.00. The Bertz CT molecular complexity index is 495. The molecule has 0 aliphatic heterocycles. The average molecular weight is 309 g/mol. The zero-order valence-corrected chi connectivity index (χ0v) is 11.0. The second-order valence-corrected chi connectivity index (χ2v) is 9.63. The van der Waals surface area contributed by atoms with Crippen LogP contribution in [0.25, 0.3) is 0 Å². The Hall–Kier alpha value is 0.0700. The Morgan fingerprint density at radius 2 is 1.60 bits per heavy atom. The lowest BCUT2D eigenvalue weighted by molar-refractivity contribution is 0.595. The number of nitrogens with one attached hydrogen (secondary N) is 1. The van der Waals surface area contributed by atoms with Gasteiger partial charge in [-0.1, -0.05) is 0 Å². The third kappa shape index (κ3) is 4.62. The van der Waals surface area contributed by atoms with Crippen LogP contribution in [0.1, 0.15) is 0 Å². The molecular weight excluding hydrogens is 303 g/mol. The van der Waals surface area contributed by atoms with Crippen molar-refractivity contribution in [1.29, 1.82) is 0 Å². The van der Waals surface area contributed by atoms with Crippen LogP contribution in [0.15, 0.2) is 29.2 Å². The van der Waals surface area contributed by atoms with Gasteiger partial charge in [0, 0.05) is 16.4 Å². The number of rotatable bonds is 3. The number of hydrogen-bond donors (Lipinski definition) is 1. The van der Waals surface area contributed by atoms with Gasteiger partial charge < -0.3 is 5.09 Å². The van der Waals surface area contributed by atoms with Crippen molar-refractivity contribution in [3.8, 4) is 0 Å². The maximum Gasteiger partial charge on any atom is 0.343 e. The summed E-state index contributed by atoms with van der Waals surface area (Å²) in [4.78, 5) is -0.0614. The predicted octanol–water partition coefficient (Wildman–Crippen LogP) is 3.61. The van der Waals surface area contributed by atoms with E-state index in [0.717, 1.165) is 0 Å². The standard InChI is InChI=1S/C6H5Cl3NO3PS/c7-14(8,11)10-5-1-3-6(4-2-5)15(9,12)13/h1-4H,(H,10,11). The third-order valence-corrected chi connectivity index (χ3v) is 3.79. The van der Waals surface area contributed by atoms with Crippen LogP contribution in [0.3, 0.4) is 0 Å². The fraction of sp³-hybridized carbons (Fsp3) is 0. The van der Waals surface area contributed by atoms with Crippen molar-refractivity contribution in [3.63, 3.8) is 0 Å². The van der Waals surface area contributed by atoms with Crippen molar-refractivity contribution in [1.82, 2.24) is 0 Å². The molecule has 0 aliphatic carbocycles. The van der Waals surface area contributed by atoms with E-state index in [1.165, 1.54) is 24.3 Å². The number of anilines is 1. The van der Waals surface area contributed by atoms with Gasteiger partial charge in [-0.15, -0.1) is 0 Å². The zero-order valence-electron chi connectivity index (χ0n) is 7.02. The lowest BCUT2D eigenvalue weighted by Gasteiger charge is -2.06. The van der Waals surface area contributed by atoms with Crippen LogP contribution in [0.5, 0.6) is 0 Å². The minimum absolute atomic E-state index is 0.0614. The first kappa shape index (κ1) is 13.1. The molecule has 1 rings (SSSR count). The molecule has 0 atom stereocenters. The summed E-state index contributed by atoms with van der Waals surface area (Å²) in [7, 11) is 1.34. The molecule has 4 nitrogen and oxygen atoms in total. The lowest BCUT2D eigenvalue weighted by atomic mass is 10.3. The van der Waals surface area contributed by atoms with Crippen molar-refractivity contribution >= 4 is 53.9 Å². The van der Waals surface area contributed by atoms with E-state index in [9.17, 15) is 13.0 Å². The van der Waals surface area contributed by atoms with Gasteiger partial charge in [0.25, 0.3) is 9.05 Å². The third-order valence-electron chi connectivity index (χ3n) is 1.40. The van der Waals surface area contributed by atoms with E-state index >= 15 is 0 Å². The summed E-state index contributed by atoms with van der Waals surface area (Å²) in [5.41, 5.74) is 0.340. The molecule has 0 spiro atoms. The van der Waals surface area contributed by atoms with Crippen LogP contribution in [0.4, 0.5) is 5.69 Å². The van der Waals surface area contributed by atoms with Crippen LogP contribution in [0, 0.1) is 0 Å². The van der Waals surface area contributed by atoms with Gasteiger partial charge in [0.05, 0.1) is 4.90 Å². The van der Waals surface area contributed by atoms with Gasteiger partial charge in [-0.3, -0.25) is 4.57 Å². The highest BCUT2D eigenvalue weighted by Gasteiger charge is 2.14. The van der Waals surface area contributed by atoms with Gasteiger partial charge in [-0.25, -0.2) is 8.42 Å². The predicted molar refractivity (Wildman–Crippen MR) is 62.4 cm³/mol. The van der Waals surface area contributed by atoms with Crippen molar-refractivity contribution in [2.75, 3.05) is 5.09 Å². The summed E-state index contributed by atoms with van der Waals surface area (Å²) in [6, 6.07) is 5.20. The second-order valence-electron chi connectivity index (χ2n) is 2.54. The van der Waals surface area contributed by atoms with Gasteiger partial charge in [0.2, 0.25) is 0 Å². The fourth-order valence-corrected chi connectivity index (χ4v) is 2.65. The first-order valence-corrected chi connectivity index (χ1v) is 9.33. The van der Waals surface area contributed by atoms with Crippen LogP contribution in [-0.2, 0) is 13.6 Å². The van der Waals surface area contributed by atoms with E-state index in [4.69, 9.17) is 33.2 Å². The molecule has 0 bridgehead atoms. The monoisotopic (exact) mass is 307 g/mol. The maximum atomic E-state index is 10.9. The molecule has 0 saturated carbocycles. The first-order chi connectivity index (χ1) is 6.68. The fourth-order valence-electron chi connectivity index (χ4n) is 0.842. The summed E-state index contributed by atoms with van der Waals surface area (Å²) < 4.78 is 32.7. The Balaban J connectivity index is 2.97. The number of benzene rings is 1. The SMILES string of the molecule is O=P(Cl)(Cl)Nc1ccc(S(=O)(=O)Cl)cc1. The molecule has 0 fully saturated rings. The minimum Gasteiger partial charge on any atom is -0.313 e. The normalized spacial score (nSPS) is 12.5. The van der Waals surface area contributed by atoms with Crippen LogP contribution in [0.2, 0.25) is 0 Å². The van der Waals surface area contributed by atoms with Crippen molar-refractivity contribution in [2.24, 2.45) is 0 Å². The van der Waals surface area contributed by atoms with E-state index in [1.807, 2.05) is 0 Å². The molecule has 0 heterocycles. The van der Waals surface area contributed by atoms with Crippen molar-refractivity contribution < 1.29 is 13.0 Å². The molecule has 9 heteroatoms. The number of halogens is 3. The summed E-state index contributed by atoms with van der Waals surface area (Å²) in [5, 5.41) is 2.31. The van der Waals surface area contributed by atoms with Crippen molar-refractivity contribution in [2.45, 2.75) is 4.90 Å². The molecule has 84 valence electrons. The van der Waals surface area contributed by atoms with Gasteiger partial charge in [0.1, 0.15) is 0 Å². The Morgan fingerprint density at radius 3 is 1.93 bits per heavy atom. The topological polar surface area (TPSA) is 63.2 Å². The Labute approximate surface area is 101 Å². The van der Waals surface area contributed by atoms with E-state index < -0.39 is 15.0 Å². The molecule has 0 saturated heterocycles. The minimum atomic E-state index is -3.75. The molecule has 0 radical (unpaired) electrons. The van der Waals surface area contributed by atoms with E-state index in [0.29, 0.717) is 5.69 Å². The Morgan fingerprint density at radius 1 is 1.13 bits per heavy atom.